The first kappa shape index (κ1) is 10.4. The van der Waals surface area contributed by atoms with E-state index in [1.807, 2.05) is 6.07 Å². The first-order valence-corrected chi connectivity index (χ1v) is 4.26. The summed E-state index contributed by atoms with van der Waals surface area (Å²) in [4.78, 5) is 13.7. The number of nitriles is 1. The fraction of sp³-hybridized carbons (Fsp3) is 0.222. The van der Waals surface area contributed by atoms with Crippen molar-refractivity contribution in [3.05, 3.63) is 28.0 Å². The normalized spacial score (nSPS) is 9.14. The Bertz CT molecular complexity index is 445. The minimum absolute atomic E-state index is 0.136. The van der Waals surface area contributed by atoms with Gasteiger partial charge in [0.2, 0.25) is 0 Å². The highest BCUT2D eigenvalue weighted by molar-refractivity contribution is 7.71. The fourth-order valence-electron chi connectivity index (χ4n) is 0.953. The van der Waals surface area contributed by atoms with E-state index in [0.29, 0.717) is 15.8 Å². The second kappa shape index (κ2) is 4.53. The molecule has 0 saturated carbocycles. The monoisotopic (exact) mass is 208 g/mol. The van der Waals surface area contributed by atoms with E-state index in [0.717, 1.165) is 0 Å². The van der Waals surface area contributed by atoms with Gasteiger partial charge in [-0.15, -0.1) is 0 Å². The molecule has 0 saturated heterocycles. The highest BCUT2D eigenvalue weighted by atomic mass is 32.1. The lowest BCUT2D eigenvalue weighted by atomic mass is 10.1. The summed E-state index contributed by atoms with van der Waals surface area (Å²) in [6, 6.07) is 3.52. The van der Waals surface area contributed by atoms with E-state index in [1.165, 1.54) is 7.11 Å². The minimum Gasteiger partial charge on any atom is -0.469 e. The van der Waals surface area contributed by atoms with Crippen LogP contribution in [0.3, 0.4) is 0 Å². The summed E-state index contributed by atoms with van der Waals surface area (Å²) >= 11 is 4.86. The van der Waals surface area contributed by atoms with Gasteiger partial charge in [-0.1, -0.05) is 12.2 Å². The predicted molar refractivity (Wildman–Crippen MR) is 52.1 cm³/mol. The molecule has 0 amide bonds. The van der Waals surface area contributed by atoms with Gasteiger partial charge in [-0.2, -0.15) is 5.26 Å². The number of rotatable bonds is 2. The number of aromatic nitrogens is 1. The van der Waals surface area contributed by atoms with Crippen LogP contribution in [-0.4, -0.2) is 18.1 Å². The highest BCUT2D eigenvalue weighted by Gasteiger charge is 2.04. The molecule has 1 aromatic heterocycles. The van der Waals surface area contributed by atoms with Crippen molar-refractivity contribution in [2.75, 3.05) is 7.11 Å². The number of ether oxygens (including phenoxy) is 1. The van der Waals surface area contributed by atoms with Crippen LogP contribution in [0.15, 0.2) is 12.3 Å². The molecule has 0 radical (unpaired) electrons. The van der Waals surface area contributed by atoms with Crippen molar-refractivity contribution in [3.8, 4) is 6.07 Å². The van der Waals surface area contributed by atoms with Crippen molar-refractivity contribution in [1.82, 2.24) is 4.98 Å². The van der Waals surface area contributed by atoms with Crippen LogP contribution in [0.1, 0.15) is 11.1 Å². The van der Waals surface area contributed by atoms with Gasteiger partial charge in [0, 0.05) is 6.20 Å². The van der Waals surface area contributed by atoms with Crippen LogP contribution < -0.4 is 0 Å². The fourth-order valence-corrected chi connectivity index (χ4v) is 1.12. The predicted octanol–water partition coefficient (Wildman–Crippen LogP) is 1.33. The van der Waals surface area contributed by atoms with Gasteiger partial charge in [-0.05, 0) is 11.6 Å². The number of nitrogens with zero attached hydrogens (tertiary/aromatic N) is 1. The molecule has 0 fully saturated rings. The largest absolute Gasteiger partial charge is 0.469 e. The summed E-state index contributed by atoms with van der Waals surface area (Å²) < 4.78 is 4.87. The molecule has 1 N–H and O–H groups in total. The van der Waals surface area contributed by atoms with Gasteiger partial charge < -0.3 is 9.72 Å². The zero-order valence-corrected chi connectivity index (χ0v) is 8.35. The summed E-state index contributed by atoms with van der Waals surface area (Å²) in [7, 11) is 1.32. The molecule has 4 nitrogen and oxygen atoms in total. The maximum atomic E-state index is 10.9. The molecule has 1 aromatic rings. The Morgan fingerprint density at radius 2 is 2.50 bits per heavy atom. The van der Waals surface area contributed by atoms with Crippen LogP contribution in [0.2, 0.25) is 0 Å². The lowest BCUT2D eigenvalue weighted by molar-refractivity contribution is -0.139. The minimum atomic E-state index is -0.348. The van der Waals surface area contributed by atoms with Crippen molar-refractivity contribution < 1.29 is 9.53 Å². The lowest BCUT2D eigenvalue weighted by Gasteiger charge is -1.99. The second-order valence-electron chi connectivity index (χ2n) is 2.62. The van der Waals surface area contributed by atoms with Crippen molar-refractivity contribution >= 4 is 18.2 Å². The topological polar surface area (TPSA) is 65.9 Å². The molecule has 5 heteroatoms. The Morgan fingerprint density at radius 3 is 3.07 bits per heavy atom. The molecule has 0 atom stereocenters. The molecule has 0 unspecified atom stereocenters. The third kappa shape index (κ3) is 2.41. The van der Waals surface area contributed by atoms with Gasteiger partial charge in [-0.3, -0.25) is 4.79 Å². The second-order valence-corrected chi connectivity index (χ2v) is 3.02. The maximum Gasteiger partial charge on any atom is 0.310 e. The smallest absolute Gasteiger partial charge is 0.310 e. The number of carbonyl (C=O) groups is 1. The highest BCUT2D eigenvalue weighted by Crippen LogP contribution is 2.05. The van der Waals surface area contributed by atoms with Crippen molar-refractivity contribution in [2.45, 2.75) is 6.42 Å². The Hall–Kier alpha value is -1.67. The van der Waals surface area contributed by atoms with Crippen molar-refractivity contribution in [3.63, 3.8) is 0 Å². The summed E-state index contributed by atoms with van der Waals surface area (Å²) in [5, 5.41) is 8.68. The number of carbonyl (C=O) groups excluding carboxylic acids is 1. The van der Waals surface area contributed by atoms with E-state index in [2.05, 4.69) is 9.72 Å². The maximum absolute atomic E-state index is 10.9. The number of methoxy groups -OCH3 is 1. The number of pyridine rings is 1. The van der Waals surface area contributed by atoms with Gasteiger partial charge in [0.1, 0.15) is 10.7 Å². The van der Waals surface area contributed by atoms with E-state index < -0.39 is 0 Å². The van der Waals surface area contributed by atoms with Gasteiger partial charge >= 0.3 is 5.97 Å². The standard InChI is InChI=1S/C9H8N2O2S/c1-13-8(12)3-6-2-7(4-10)9(14)11-5-6/h2,5H,3H2,1H3,(H,11,14). The average Bonchev–Trinajstić information content (AvgIpc) is 2.20. The number of H-pyrrole nitrogens is 1. The third-order valence-corrected chi connectivity index (χ3v) is 2.00. The number of hydrogen-bond acceptors (Lipinski definition) is 4. The molecule has 72 valence electrons. The Morgan fingerprint density at radius 1 is 1.79 bits per heavy atom. The number of aromatic amines is 1. The number of esters is 1. The molecule has 0 spiro atoms. The van der Waals surface area contributed by atoms with E-state index in [9.17, 15) is 4.79 Å². The average molecular weight is 208 g/mol. The van der Waals surface area contributed by atoms with E-state index in [-0.39, 0.29) is 12.4 Å². The summed E-state index contributed by atoms with van der Waals surface area (Å²) in [6.45, 7) is 0. The van der Waals surface area contributed by atoms with Crippen LogP contribution in [0.5, 0.6) is 0 Å². The summed E-state index contributed by atoms with van der Waals surface area (Å²) in [5.74, 6) is -0.348. The van der Waals surface area contributed by atoms with E-state index in [4.69, 9.17) is 17.5 Å². The van der Waals surface area contributed by atoms with Crippen molar-refractivity contribution in [2.24, 2.45) is 0 Å². The van der Waals surface area contributed by atoms with Gasteiger partial charge in [0.05, 0.1) is 19.1 Å². The summed E-state index contributed by atoms with van der Waals surface area (Å²) in [6.07, 6.45) is 1.73. The van der Waals surface area contributed by atoms with Crippen LogP contribution in [0.4, 0.5) is 0 Å². The lowest BCUT2D eigenvalue weighted by Crippen LogP contribution is -2.05. The van der Waals surface area contributed by atoms with Crippen LogP contribution >= 0.6 is 12.2 Å². The number of nitrogens with one attached hydrogen (secondary N) is 1. The Kier molecular flexibility index (Phi) is 3.37. The molecular weight excluding hydrogens is 200 g/mol. The van der Waals surface area contributed by atoms with Crippen LogP contribution in [-0.2, 0) is 16.0 Å². The quantitative estimate of drug-likeness (QED) is 0.588. The molecule has 0 aliphatic heterocycles. The Labute approximate surface area is 86.1 Å². The first-order valence-electron chi connectivity index (χ1n) is 3.86. The zero-order valence-electron chi connectivity index (χ0n) is 7.53. The molecule has 0 aliphatic carbocycles. The van der Waals surface area contributed by atoms with E-state index >= 15 is 0 Å². The van der Waals surface area contributed by atoms with E-state index in [1.54, 1.807) is 12.3 Å². The van der Waals surface area contributed by atoms with Crippen molar-refractivity contribution in [1.29, 1.82) is 5.26 Å². The molecule has 0 aromatic carbocycles. The summed E-state index contributed by atoms with van der Waals surface area (Å²) in [5.41, 5.74) is 1.04. The Balaban J connectivity index is 2.97. The first-order chi connectivity index (χ1) is 6.67. The third-order valence-electron chi connectivity index (χ3n) is 1.66. The molecule has 0 aliphatic rings. The van der Waals surface area contributed by atoms with Gasteiger partial charge in [0.15, 0.2) is 0 Å². The molecule has 1 rings (SSSR count). The molecular formula is C9H8N2O2S. The van der Waals surface area contributed by atoms with Crippen LogP contribution in [0, 0.1) is 16.0 Å². The van der Waals surface area contributed by atoms with Gasteiger partial charge in [-0.25, -0.2) is 0 Å². The molecule has 0 bridgehead atoms. The molecule has 14 heavy (non-hydrogen) atoms. The SMILES string of the molecule is COC(=O)Cc1c[nH]c(=S)c(C#N)c1. The molecule has 1 heterocycles. The zero-order chi connectivity index (χ0) is 10.6. The number of hydrogen-bond donors (Lipinski definition) is 1. The van der Waals surface area contributed by atoms with Crippen LogP contribution in [0.25, 0.3) is 0 Å². The van der Waals surface area contributed by atoms with Gasteiger partial charge in [0.25, 0.3) is 0 Å².